The summed E-state index contributed by atoms with van der Waals surface area (Å²) < 4.78 is 0. The molecule has 0 aliphatic carbocycles. The lowest BCUT2D eigenvalue weighted by molar-refractivity contribution is 0.315. The van der Waals surface area contributed by atoms with Crippen LogP contribution in [0.3, 0.4) is 0 Å². The third-order valence-corrected chi connectivity index (χ3v) is 1.12. The molecule has 0 aromatic heterocycles. The monoisotopic (exact) mass is 156 g/mol. The van der Waals surface area contributed by atoms with E-state index in [4.69, 9.17) is 5.21 Å². The fraction of sp³-hybridized carbons (Fsp3) is 0.750. The standard InChI is InChI=1S/C8H16N2O/c1-6(2)5-9-8(10-11)7(3)4/h5-7,11H,1-4H3/b9-5?,10-8-. The molecule has 0 aromatic rings. The topological polar surface area (TPSA) is 45.0 Å². The molecule has 1 N–H and O–H groups in total. The van der Waals surface area contributed by atoms with Crippen LogP contribution < -0.4 is 0 Å². The van der Waals surface area contributed by atoms with Crippen molar-refractivity contribution in [3.63, 3.8) is 0 Å². The maximum atomic E-state index is 8.48. The van der Waals surface area contributed by atoms with Gasteiger partial charge in [0.2, 0.25) is 0 Å². The lowest BCUT2D eigenvalue weighted by Crippen LogP contribution is -2.05. The van der Waals surface area contributed by atoms with Crippen LogP contribution in [-0.4, -0.2) is 17.3 Å². The van der Waals surface area contributed by atoms with E-state index in [0.717, 1.165) is 0 Å². The fourth-order valence-electron chi connectivity index (χ4n) is 0.516. The Balaban J connectivity index is 4.10. The molecule has 0 amide bonds. The van der Waals surface area contributed by atoms with Crippen molar-refractivity contribution in [2.75, 3.05) is 0 Å². The third-order valence-electron chi connectivity index (χ3n) is 1.12. The summed E-state index contributed by atoms with van der Waals surface area (Å²) in [6.45, 7) is 7.93. The first-order valence-electron chi connectivity index (χ1n) is 3.84. The molecule has 0 aliphatic heterocycles. The lowest BCUT2D eigenvalue weighted by Gasteiger charge is -2.01. The minimum absolute atomic E-state index is 0.176. The second kappa shape index (κ2) is 4.88. The summed E-state index contributed by atoms with van der Waals surface area (Å²) in [6.07, 6.45) is 1.77. The lowest BCUT2D eigenvalue weighted by atomic mass is 10.2. The second-order valence-corrected chi connectivity index (χ2v) is 3.14. The molecule has 0 bridgehead atoms. The molecule has 64 valence electrons. The summed E-state index contributed by atoms with van der Waals surface area (Å²) in [4.78, 5) is 4.02. The zero-order valence-corrected chi connectivity index (χ0v) is 7.57. The molecule has 3 nitrogen and oxygen atoms in total. The van der Waals surface area contributed by atoms with Gasteiger partial charge >= 0.3 is 0 Å². The Kier molecular flexibility index (Phi) is 4.50. The molecule has 0 spiro atoms. The SMILES string of the molecule is CC(C)C=N/C(=N\O)C(C)C. The molecule has 0 rings (SSSR count). The molecule has 0 heterocycles. The van der Waals surface area contributed by atoms with Crippen LogP contribution in [0.1, 0.15) is 27.7 Å². The third kappa shape index (κ3) is 4.53. The maximum absolute atomic E-state index is 8.48. The summed E-state index contributed by atoms with van der Waals surface area (Å²) in [5.74, 6) is 1.05. The van der Waals surface area contributed by atoms with Crippen LogP contribution in [0.25, 0.3) is 0 Å². The van der Waals surface area contributed by atoms with Crippen LogP contribution in [0.15, 0.2) is 10.1 Å². The van der Waals surface area contributed by atoms with Crippen molar-refractivity contribution in [1.82, 2.24) is 0 Å². The van der Waals surface area contributed by atoms with Crippen LogP contribution in [0.2, 0.25) is 0 Å². The van der Waals surface area contributed by atoms with Gasteiger partial charge in [-0.05, 0) is 5.92 Å². The van der Waals surface area contributed by atoms with Gasteiger partial charge in [0.15, 0.2) is 5.84 Å². The van der Waals surface area contributed by atoms with E-state index in [1.54, 1.807) is 6.21 Å². The molecule has 0 aromatic carbocycles. The fourth-order valence-corrected chi connectivity index (χ4v) is 0.516. The molecule has 0 saturated carbocycles. The van der Waals surface area contributed by atoms with Crippen LogP contribution in [-0.2, 0) is 0 Å². The maximum Gasteiger partial charge on any atom is 0.169 e. The highest BCUT2D eigenvalue weighted by molar-refractivity contribution is 5.90. The number of amidine groups is 1. The van der Waals surface area contributed by atoms with Crippen molar-refractivity contribution in [3.8, 4) is 0 Å². The molecular weight excluding hydrogens is 140 g/mol. The first-order valence-corrected chi connectivity index (χ1v) is 3.84. The summed E-state index contributed by atoms with van der Waals surface area (Å²) in [7, 11) is 0. The van der Waals surface area contributed by atoms with Gasteiger partial charge in [0.1, 0.15) is 0 Å². The summed E-state index contributed by atoms with van der Waals surface area (Å²) >= 11 is 0. The zero-order chi connectivity index (χ0) is 8.85. The molecule has 0 saturated heterocycles. The van der Waals surface area contributed by atoms with E-state index >= 15 is 0 Å². The molecule has 0 fully saturated rings. The number of aliphatic imine (C=N–C) groups is 1. The Morgan fingerprint density at radius 3 is 2.09 bits per heavy atom. The van der Waals surface area contributed by atoms with Crippen LogP contribution in [0, 0.1) is 11.8 Å². The van der Waals surface area contributed by atoms with Crippen molar-refractivity contribution in [2.45, 2.75) is 27.7 Å². The van der Waals surface area contributed by atoms with Crippen LogP contribution in [0.4, 0.5) is 0 Å². The highest BCUT2D eigenvalue weighted by Gasteiger charge is 2.01. The molecule has 11 heavy (non-hydrogen) atoms. The van der Waals surface area contributed by atoms with Gasteiger partial charge in [-0.15, -0.1) is 0 Å². The van der Waals surface area contributed by atoms with Gasteiger partial charge in [0, 0.05) is 12.1 Å². The van der Waals surface area contributed by atoms with Gasteiger partial charge in [0.25, 0.3) is 0 Å². The molecule has 0 atom stereocenters. The van der Waals surface area contributed by atoms with Crippen molar-refractivity contribution < 1.29 is 5.21 Å². The Morgan fingerprint density at radius 2 is 1.82 bits per heavy atom. The van der Waals surface area contributed by atoms with E-state index < -0.39 is 0 Å². The van der Waals surface area contributed by atoms with Gasteiger partial charge < -0.3 is 5.21 Å². The number of oxime groups is 1. The average Bonchev–Trinajstić information content (AvgIpc) is 1.87. The molecule has 0 unspecified atom stereocenters. The van der Waals surface area contributed by atoms with Gasteiger partial charge in [-0.25, -0.2) is 4.99 Å². The normalized spacial score (nSPS) is 13.8. The van der Waals surface area contributed by atoms with Gasteiger partial charge in [-0.2, -0.15) is 0 Å². The van der Waals surface area contributed by atoms with E-state index in [9.17, 15) is 0 Å². The predicted octanol–water partition coefficient (Wildman–Crippen LogP) is 2.16. The Hall–Kier alpha value is -0.860. The van der Waals surface area contributed by atoms with Gasteiger partial charge in [-0.3, -0.25) is 0 Å². The van der Waals surface area contributed by atoms with Crippen molar-refractivity contribution in [1.29, 1.82) is 0 Å². The molecule has 3 heteroatoms. The van der Waals surface area contributed by atoms with E-state index in [1.165, 1.54) is 0 Å². The predicted molar refractivity (Wildman–Crippen MR) is 47.4 cm³/mol. The quantitative estimate of drug-likeness (QED) is 0.283. The zero-order valence-electron chi connectivity index (χ0n) is 7.57. The van der Waals surface area contributed by atoms with E-state index in [-0.39, 0.29) is 5.92 Å². The van der Waals surface area contributed by atoms with E-state index in [2.05, 4.69) is 10.1 Å². The largest absolute Gasteiger partial charge is 0.409 e. The van der Waals surface area contributed by atoms with Gasteiger partial charge in [0.05, 0.1) is 0 Å². The molecule has 0 aliphatic rings. The van der Waals surface area contributed by atoms with Crippen LogP contribution >= 0.6 is 0 Å². The van der Waals surface area contributed by atoms with Crippen molar-refractivity contribution >= 4 is 12.1 Å². The minimum Gasteiger partial charge on any atom is -0.409 e. The number of hydrogen-bond donors (Lipinski definition) is 1. The molecular formula is C8H16N2O. The van der Waals surface area contributed by atoms with Crippen LogP contribution in [0.5, 0.6) is 0 Å². The van der Waals surface area contributed by atoms with Gasteiger partial charge in [-0.1, -0.05) is 32.9 Å². The highest BCUT2D eigenvalue weighted by atomic mass is 16.4. The Bertz CT molecular complexity index is 159. The number of hydrogen-bond acceptors (Lipinski definition) is 2. The Morgan fingerprint density at radius 1 is 1.27 bits per heavy atom. The number of nitrogens with zero attached hydrogens (tertiary/aromatic N) is 2. The second-order valence-electron chi connectivity index (χ2n) is 3.14. The Labute approximate surface area is 67.8 Å². The van der Waals surface area contributed by atoms with Crippen molar-refractivity contribution in [3.05, 3.63) is 0 Å². The minimum atomic E-state index is 0.176. The first kappa shape index (κ1) is 10.1. The summed E-state index contributed by atoms with van der Waals surface area (Å²) in [5.41, 5.74) is 0. The number of rotatable bonds is 2. The van der Waals surface area contributed by atoms with Crippen molar-refractivity contribution in [2.24, 2.45) is 22.0 Å². The molecule has 0 radical (unpaired) electrons. The average molecular weight is 156 g/mol. The van der Waals surface area contributed by atoms with E-state index in [1.807, 2.05) is 27.7 Å². The smallest absolute Gasteiger partial charge is 0.169 e. The summed E-state index contributed by atoms with van der Waals surface area (Å²) in [5, 5.41) is 11.6. The highest BCUT2D eigenvalue weighted by Crippen LogP contribution is 1.98. The van der Waals surface area contributed by atoms with E-state index in [0.29, 0.717) is 11.8 Å². The summed E-state index contributed by atoms with van der Waals surface area (Å²) in [6, 6.07) is 0. The first-order chi connectivity index (χ1) is 5.07.